The molecule has 2 aliphatic rings. The second-order valence-corrected chi connectivity index (χ2v) is 11.3. The largest absolute Gasteiger partial charge is 0.493 e. The summed E-state index contributed by atoms with van der Waals surface area (Å²) in [7, 11) is 1.53. The molecule has 2 aliphatic carbocycles. The maximum Gasteiger partial charge on any atom is 0.289 e. The summed E-state index contributed by atoms with van der Waals surface area (Å²) >= 11 is 1.43. The molecule has 10 nitrogen and oxygen atoms in total. The van der Waals surface area contributed by atoms with Gasteiger partial charge in [0.25, 0.3) is 17.7 Å². The van der Waals surface area contributed by atoms with Crippen molar-refractivity contribution in [2.45, 2.75) is 58.0 Å². The van der Waals surface area contributed by atoms with E-state index in [1.54, 1.807) is 17.5 Å². The highest BCUT2D eigenvalue weighted by Gasteiger charge is 2.33. The van der Waals surface area contributed by atoms with Gasteiger partial charge in [0.05, 0.1) is 7.11 Å². The van der Waals surface area contributed by atoms with Crippen LogP contribution in [0.2, 0.25) is 0 Å². The Morgan fingerprint density at radius 1 is 1.16 bits per heavy atom. The van der Waals surface area contributed by atoms with Crippen LogP contribution in [0.25, 0.3) is 11.0 Å². The molecule has 3 aromatic rings. The Morgan fingerprint density at radius 3 is 2.63 bits per heavy atom. The molecule has 1 atom stereocenters. The molecule has 3 N–H and O–H groups in total. The zero-order chi connectivity index (χ0) is 26.8. The van der Waals surface area contributed by atoms with Crippen LogP contribution < -0.4 is 25.8 Å². The average molecular weight is 540 g/mol. The Balaban J connectivity index is 1.21. The van der Waals surface area contributed by atoms with Crippen molar-refractivity contribution in [3.05, 3.63) is 41.1 Å². The van der Waals surface area contributed by atoms with Gasteiger partial charge in [-0.25, -0.2) is 4.98 Å². The van der Waals surface area contributed by atoms with Gasteiger partial charge in [-0.05, 0) is 43.2 Å². The summed E-state index contributed by atoms with van der Waals surface area (Å²) in [5.41, 5.74) is 5.64. The Hall–Kier alpha value is -3.60. The van der Waals surface area contributed by atoms with E-state index in [1.165, 1.54) is 18.4 Å². The first-order valence-corrected chi connectivity index (χ1v) is 13.9. The molecule has 0 radical (unpaired) electrons. The fourth-order valence-corrected chi connectivity index (χ4v) is 5.28. The molecule has 5 rings (SSSR count). The summed E-state index contributed by atoms with van der Waals surface area (Å²) < 4.78 is 11.0. The first kappa shape index (κ1) is 26.0. The lowest BCUT2D eigenvalue weighted by molar-refractivity contribution is -0.124. The van der Waals surface area contributed by atoms with Crippen molar-refractivity contribution in [1.82, 2.24) is 21.2 Å². The Bertz CT molecular complexity index is 1330. The van der Waals surface area contributed by atoms with Gasteiger partial charge in [0.2, 0.25) is 0 Å². The van der Waals surface area contributed by atoms with Crippen LogP contribution in [0.1, 0.15) is 67.0 Å². The predicted octanol–water partition coefficient (Wildman–Crippen LogP) is 3.88. The topological polar surface area (TPSA) is 126 Å². The zero-order valence-corrected chi connectivity index (χ0v) is 22.6. The number of para-hydroxylation sites is 1. The number of amides is 3. The third-order valence-corrected chi connectivity index (χ3v) is 7.54. The number of carbonyl (C=O) groups excluding carboxylic acids is 3. The number of hydrogen-bond acceptors (Lipinski definition) is 8. The van der Waals surface area contributed by atoms with Gasteiger partial charge < -0.3 is 19.4 Å². The fourth-order valence-electron chi connectivity index (χ4n) is 4.39. The smallest absolute Gasteiger partial charge is 0.289 e. The van der Waals surface area contributed by atoms with E-state index in [1.807, 2.05) is 12.1 Å². The number of furan rings is 1. The number of aromatic nitrogens is 1. The lowest BCUT2D eigenvalue weighted by atomic mass is 10.1. The van der Waals surface area contributed by atoms with Crippen LogP contribution in [-0.4, -0.2) is 48.4 Å². The number of ether oxygens (including phenoxy) is 1. The summed E-state index contributed by atoms with van der Waals surface area (Å²) in [6, 6.07) is 6.65. The zero-order valence-electron chi connectivity index (χ0n) is 21.8. The second kappa shape index (κ2) is 11.0. The van der Waals surface area contributed by atoms with E-state index in [4.69, 9.17) is 9.15 Å². The molecule has 202 valence electrons. The fraction of sp³-hybridized carbons (Fsp3) is 0.481. The van der Waals surface area contributed by atoms with Gasteiger partial charge in [0.1, 0.15) is 11.7 Å². The minimum atomic E-state index is -0.826. The number of carbonyl (C=O) groups is 3. The standard InChI is InChI=1S/C27H33N5O5S/c1-15(2)13-32(18-9-10-18)27-29-20(14-38-27)25(34)31-30-24(33)19(11-16-7-8-16)28-26(35)22-12-17-5-4-6-21(36-3)23(17)37-22/h4-6,12,14-16,18-19H,7-11,13H2,1-3H3,(H,28,35)(H,30,33)(H,31,34)/t19-/m0/s1. The molecule has 1 aromatic carbocycles. The predicted molar refractivity (Wildman–Crippen MR) is 144 cm³/mol. The normalized spacial score (nSPS) is 15.8. The van der Waals surface area contributed by atoms with Crippen LogP contribution in [0.4, 0.5) is 5.13 Å². The minimum absolute atomic E-state index is 0.0822. The molecule has 2 fully saturated rings. The SMILES string of the molecule is COc1cccc2cc(C(=O)N[C@@H](CC3CC3)C(=O)NNC(=O)c3csc(N(CC(C)C)C4CC4)n3)oc12. The van der Waals surface area contributed by atoms with Crippen LogP contribution in [0.3, 0.4) is 0 Å². The van der Waals surface area contributed by atoms with Gasteiger partial charge in [-0.3, -0.25) is 25.2 Å². The summed E-state index contributed by atoms with van der Waals surface area (Å²) in [6.07, 6.45) is 4.76. The number of methoxy groups -OCH3 is 1. The number of hydrogen-bond donors (Lipinski definition) is 3. The molecular weight excluding hydrogens is 506 g/mol. The van der Waals surface area contributed by atoms with Gasteiger partial charge in [-0.2, -0.15) is 0 Å². The third-order valence-electron chi connectivity index (χ3n) is 6.66. The number of benzene rings is 1. The van der Waals surface area contributed by atoms with Gasteiger partial charge in [0, 0.05) is 23.4 Å². The second-order valence-electron chi connectivity index (χ2n) is 10.4. The Morgan fingerprint density at radius 2 is 1.95 bits per heavy atom. The van der Waals surface area contributed by atoms with Gasteiger partial charge in [0.15, 0.2) is 22.2 Å². The average Bonchev–Trinajstić information content (AvgIpc) is 3.82. The van der Waals surface area contributed by atoms with Gasteiger partial charge in [-0.15, -0.1) is 11.3 Å². The van der Waals surface area contributed by atoms with E-state index in [0.717, 1.165) is 42.7 Å². The molecule has 2 saturated carbocycles. The van der Waals surface area contributed by atoms with Crippen LogP contribution in [0.5, 0.6) is 5.75 Å². The first-order valence-electron chi connectivity index (χ1n) is 13.0. The number of thiazole rings is 1. The maximum absolute atomic E-state index is 13.0. The van der Waals surface area contributed by atoms with Crippen molar-refractivity contribution in [2.24, 2.45) is 11.8 Å². The van der Waals surface area contributed by atoms with E-state index < -0.39 is 23.8 Å². The van der Waals surface area contributed by atoms with E-state index in [-0.39, 0.29) is 11.5 Å². The summed E-state index contributed by atoms with van der Waals surface area (Å²) in [5.74, 6) is -0.0665. The Labute approximate surface area is 225 Å². The first-order chi connectivity index (χ1) is 18.3. The number of fused-ring (bicyclic) bond motifs is 1. The van der Waals surface area contributed by atoms with Crippen LogP contribution in [-0.2, 0) is 4.79 Å². The molecule has 0 bridgehead atoms. The summed E-state index contributed by atoms with van der Waals surface area (Å²) in [6.45, 7) is 5.21. The number of nitrogens with one attached hydrogen (secondary N) is 3. The van der Waals surface area contributed by atoms with Crippen LogP contribution in [0, 0.1) is 11.8 Å². The van der Waals surface area contributed by atoms with Gasteiger partial charge in [-0.1, -0.05) is 38.8 Å². The molecule has 0 unspecified atom stereocenters. The van der Waals surface area contributed by atoms with E-state index in [2.05, 4.69) is 39.9 Å². The molecule has 3 amide bonds. The maximum atomic E-state index is 13.0. The Kier molecular flexibility index (Phi) is 7.55. The van der Waals surface area contributed by atoms with Crippen molar-refractivity contribution in [2.75, 3.05) is 18.6 Å². The highest BCUT2D eigenvalue weighted by molar-refractivity contribution is 7.14. The third kappa shape index (κ3) is 6.09. The molecule has 0 saturated heterocycles. The summed E-state index contributed by atoms with van der Waals surface area (Å²) in [4.78, 5) is 45.5. The molecule has 38 heavy (non-hydrogen) atoms. The van der Waals surface area contributed by atoms with Crippen LogP contribution >= 0.6 is 11.3 Å². The van der Waals surface area contributed by atoms with E-state index in [9.17, 15) is 14.4 Å². The highest BCUT2D eigenvalue weighted by atomic mass is 32.1. The molecule has 2 heterocycles. The molecular formula is C27H33N5O5S. The van der Waals surface area contributed by atoms with Crippen molar-refractivity contribution in [1.29, 1.82) is 0 Å². The minimum Gasteiger partial charge on any atom is -0.493 e. The molecule has 0 aliphatic heterocycles. The van der Waals surface area contributed by atoms with Crippen molar-refractivity contribution in [3.63, 3.8) is 0 Å². The monoisotopic (exact) mass is 539 g/mol. The van der Waals surface area contributed by atoms with Crippen molar-refractivity contribution >= 4 is 45.2 Å². The van der Waals surface area contributed by atoms with Crippen molar-refractivity contribution < 1.29 is 23.5 Å². The number of anilines is 1. The summed E-state index contributed by atoms with van der Waals surface area (Å²) in [5, 5.41) is 6.01. The van der Waals surface area contributed by atoms with Crippen LogP contribution in [0.15, 0.2) is 34.1 Å². The molecule has 2 aromatic heterocycles. The van der Waals surface area contributed by atoms with Crippen molar-refractivity contribution in [3.8, 4) is 5.75 Å². The number of rotatable bonds is 11. The van der Waals surface area contributed by atoms with E-state index >= 15 is 0 Å². The molecule has 11 heteroatoms. The van der Waals surface area contributed by atoms with E-state index in [0.29, 0.717) is 35.6 Å². The lowest BCUT2D eigenvalue weighted by Gasteiger charge is -2.23. The van der Waals surface area contributed by atoms with Gasteiger partial charge >= 0.3 is 0 Å². The lowest BCUT2D eigenvalue weighted by Crippen LogP contribution is -2.52. The quantitative estimate of drug-likeness (QED) is 0.316. The number of nitrogens with zero attached hydrogens (tertiary/aromatic N) is 2. The highest BCUT2D eigenvalue weighted by Crippen LogP contribution is 2.35. The molecule has 0 spiro atoms. The number of hydrazine groups is 1.